The van der Waals surface area contributed by atoms with Gasteiger partial charge in [-0.05, 0) is 20.3 Å². The molecule has 0 fully saturated rings. The number of hydrazine groups is 1. The van der Waals surface area contributed by atoms with Crippen LogP contribution in [0.25, 0.3) is 0 Å². The lowest BCUT2D eigenvalue weighted by Crippen LogP contribution is -2.49. The minimum atomic E-state index is -0.836. The molecule has 0 rings (SSSR count). The van der Waals surface area contributed by atoms with Crippen LogP contribution in [0, 0.1) is 0 Å². The molecule has 0 heterocycles. The number of carboxylic acids is 1. The molecule has 0 aliphatic rings. The fraction of sp³-hybridized carbons (Fsp3) is 0.800. The molecule has 0 aliphatic heterocycles. The van der Waals surface area contributed by atoms with E-state index < -0.39 is 5.97 Å². The zero-order chi connectivity index (χ0) is 12.7. The third-order valence-electron chi connectivity index (χ3n) is 1.99. The van der Waals surface area contributed by atoms with E-state index in [1.807, 2.05) is 13.8 Å². The smallest absolute Gasteiger partial charge is 0.332 e. The summed E-state index contributed by atoms with van der Waals surface area (Å²) in [5.74, 6) is -0.836. The van der Waals surface area contributed by atoms with Crippen molar-refractivity contribution in [2.75, 3.05) is 20.6 Å². The molecule has 0 spiro atoms. The Bertz CT molecular complexity index is 241. The molecule has 0 aromatic heterocycles. The third kappa shape index (κ3) is 6.23. The van der Waals surface area contributed by atoms with Crippen molar-refractivity contribution in [3.63, 3.8) is 0 Å². The first kappa shape index (κ1) is 14.7. The average molecular weight is 231 g/mol. The third-order valence-corrected chi connectivity index (χ3v) is 1.99. The maximum Gasteiger partial charge on any atom is 0.332 e. The van der Waals surface area contributed by atoms with Crippen molar-refractivity contribution in [2.24, 2.45) is 0 Å². The van der Waals surface area contributed by atoms with E-state index in [9.17, 15) is 9.59 Å². The number of carboxylic acid groups (broad SMARTS) is 1. The Balaban J connectivity index is 4.16. The van der Waals surface area contributed by atoms with Crippen LogP contribution in [0.4, 0.5) is 4.79 Å². The summed E-state index contributed by atoms with van der Waals surface area (Å²) in [4.78, 5) is 23.7. The molecule has 0 unspecified atom stereocenters. The highest BCUT2D eigenvalue weighted by atomic mass is 16.4. The van der Waals surface area contributed by atoms with Gasteiger partial charge in [0.1, 0.15) is 0 Å². The summed E-state index contributed by atoms with van der Waals surface area (Å²) in [6.07, 6.45) is 0.548. The summed E-state index contributed by atoms with van der Waals surface area (Å²) in [6, 6.07) is -0.154. The fourth-order valence-electron chi connectivity index (χ4n) is 1.25. The molecule has 0 radical (unpaired) electrons. The molecule has 2 N–H and O–H groups in total. The summed E-state index contributed by atoms with van der Waals surface area (Å²) in [5, 5.41) is 10.1. The molecule has 2 amide bonds. The number of hydrogen-bond donors (Lipinski definition) is 2. The normalized spacial score (nSPS) is 10.6. The number of carbonyl (C=O) groups is 2. The lowest BCUT2D eigenvalue weighted by atomic mass is 10.2. The van der Waals surface area contributed by atoms with Crippen LogP contribution < -0.4 is 5.43 Å². The molecule has 0 bridgehead atoms. The zero-order valence-corrected chi connectivity index (χ0v) is 10.4. The Morgan fingerprint density at radius 3 is 2.25 bits per heavy atom. The van der Waals surface area contributed by atoms with Gasteiger partial charge in [0.2, 0.25) is 0 Å². The second kappa shape index (κ2) is 7.05. The Labute approximate surface area is 96.2 Å². The molecule has 0 saturated carbocycles. The first-order valence-electron chi connectivity index (χ1n) is 5.31. The predicted octanol–water partition coefficient (Wildman–Crippen LogP) is 0.748. The monoisotopic (exact) mass is 231 g/mol. The van der Waals surface area contributed by atoms with E-state index in [1.54, 1.807) is 24.0 Å². The van der Waals surface area contributed by atoms with Gasteiger partial charge < -0.3 is 10.0 Å². The lowest BCUT2D eigenvalue weighted by Gasteiger charge is -2.28. The lowest BCUT2D eigenvalue weighted by molar-refractivity contribution is -0.137. The number of nitrogens with one attached hydrogen (secondary N) is 1. The van der Waals surface area contributed by atoms with Crippen LogP contribution in [-0.2, 0) is 4.79 Å². The van der Waals surface area contributed by atoms with Crippen molar-refractivity contribution in [2.45, 2.75) is 32.7 Å². The van der Waals surface area contributed by atoms with Crippen molar-refractivity contribution in [1.82, 2.24) is 15.3 Å². The molecular formula is C10H21N3O3. The second-order valence-corrected chi connectivity index (χ2v) is 4.10. The summed E-state index contributed by atoms with van der Waals surface area (Å²) in [5.41, 5.74) is 2.64. The van der Waals surface area contributed by atoms with Crippen molar-refractivity contribution in [3.05, 3.63) is 0 Å². The van der Waals surface area contributed by atoms with Gasteiger partial charge in [-0.1, -0.05) is 0 Å². The van der Waals surface area contributed by atoms with Gasteiger partial charge in [-0.25, -0.2) is 9.80 Å². The van der Waals surface area contributed by atoms with Crippen LogP contribution in [0.1, 0.15) is 26.7 Å². The molecule has 6 nitrogen and oxygen atoms in total. The number of carbonyl (C=O) groups excluding carboxylic acids is 1. The van der Waals surface area contributed by atoms with Crippen LogP contribution in [0.3, 0.4) is 0 Å². The SMILES string of the molecule is CC(C)N(CCCC(=O)O)C(=O)NN(C)C. The Morgan fingerprint density at radius 2 is 1.88 bits per heavy atom. The number of aliphatic carboxylic acids is 1. The quantitative estimate of drug-likeness (QED) is 0.662. The molecule has 0 atom stereocenters. The fourth-order valence-corrected chi connectivity index (χ4v) is 1.25. The standard InChI is InChI=1S/C10H21N3O3/c1-8(2)13(7-5-6-9(14)15)10(16)11-12(3)4/h8H,5-7H2,1-4H3,(H,11,16)(H,14,15). The van der Waals surface area contributed by atoms with E-state index in [1.165, 1.54) is 0 Å². The van der Waals surface area contributed by atoms with Gasteiger partial charge in [0.25, 0.3) is 0 Å². The van der Waals surface area contributed by atoms with Crippen molar-refractivity contribution in [1.29, 1.82) is 0 Å². The van der Waals surface area contributed by atoms with Gasteiger partial charge in [-0.3, -0.25) is 10.2 Å². The summed E-state index contributed by atoms with van der Waals surface area (Å²) in [7, 11) is 3.46. The van der Waals surface area contributed by atoms with Crippen LogP contribution in [0.15, 0.2) is 0 Å². The van der Waals surface area contributed by atoms with Crippen LogP contribution in [0.2, 0.25) is 0 Å². The van der Waals surface area contributed by atoms with E-state index in [0.717, 1.165) is 0 Å². The number of nitrogens with zero attached hydrogens (tertiary/aromatic N) is 2. The number of amides is 2. The minimum Gasteiger partial charge on any atom is -0.481 e. The molecule has 0 aromatic rings. The summed E-state index contributed by atoms with van der Waals surface area (Å²) >= 11 is 0. The van der Waals surface area contributed by atoms with Gasteiger partial charge in [0.15, 0.2) is 0 Å². The van der Waals surface area contributed by atoms with Crippen LogP contribution >= 0.6 is 0 Å². The van der Waals surface area contributed by atoms with Gasteiger partial charge in [0.05, 0.1) is 0 Å². The van der Waals surface area contributed by atoms with Crippen LogP contribution in [0.5, 0.6) is 0 Å². The predicted molar refractivity (Wildman–Crippen MR) is 60.9 cm³/mol. The van der Waals surface area contributed by atoms with Crippen LogP contribution in [-0.4, -0.2) is 53.7 Å². The molecule has 16 heavy (non-hydrogen) atoms. The second-order valence-electron chi connectivity index (χ2n) is 4.10. The first-order valence-corrected chi connectivity index (χ1v) is 5.31. The van der Waals surface area contributed by atoms with Gasteiger partial charge >= 0.3 is 12.0 Å². The maximum atomic E-state index is 11.7. The summed E-state index contributed by atoms with van der Waals surface area (Å²) < 4.78 is 0. The average Bonchev–Trinajstić information content (AvgIpc) is 2.09. The van der Waals surface area contributed by atoms with E-state index in [-0.39, 0.29) is 18.5 Å². The van der Waals surface area contributed by atoms with Gasteiger partial charge in [0, 0.05) is 33.1 Å². The molecule has 0 saturated heterocycles. The van der Waals surface area contributed by atoms with Crippen molar-refractivity contribution >= 4 is 12.0 Å². The Morgan fingerprint density at radius 1 is 1.31 bits per heavy atom. The van der Waals surface area contributed by atoms with E-state index in [0.29, 0.717) is 13.0 Å². The number of hydrogen-bond acceptors (Lipinski definition) is 3. The molecule has 0 aliphatic carbocycles. The highest BCUT2D eigenvalue weighted by Crippen LogP contribution is 2.02. The molecule has 6 heteroatoms. The molecule has 94 valence electrons. The summed E-state index contributed by atoms with van der Waals surface area (Å²) in [6.45, 7) is 4.25. The van der Waals surface area contributed by atoms with Gasteiger partial charge in [-0.2, -0.15) is 0 Å². The highest BCUT2D eigenvalue weighted by molar-refractivity contribution is 5.74. The minimum absolute atomic E-state index is 0.0498. The Kier molecular flexibility index (Phi) is 6.48. The largest absolute Gasteiger partial charge is 0.481 e. The maximum absolute atomic E-state index is 11.7. The van der Waals surface area contributed by atoms with Crippen molar-refractivity contribution in [3.8, 4) is 0 Å². The topological polar surface area (TPSA) is 72.9 Å². The zero-order valence-electron chi connectivity index (χ0n) is 10.4. The first-order chi connectivity index (χ1) is 7.34. The number of rotatable bonds is 6. The Hall–Kier alpha value is -1.30. The molecular weight excluding hydrogens is 210 g/mol. The highest BCUT2D eigenvalue weighted by Gasteiger charge is 2.16. The van der Waals surface area contributed by atoms with E-state index in [4.69, 9.17) is 5.11 Å². The van der Waals surface area contributed by atoms with E-state index >= 15 is 0 Å². The van der Waals surface area contributed by atoms with Crippen molar-refractivity contribution < 1.29 is 14.7 Å². The van der Waals surface area contributed by atoms with E-state index in [2.05, 4.69) is 5.43 Å². The van der Waals surface area contributed by atoms with Gasteiger partial charge in [-0.15, -0.1) is 0 Å². The number of urea groups is 1. The molecule has 0 aromatic carbocycles.